The fraction of sp³-hybridized carbons (Fsp3) is 0.478. The molecule has 33 heavy (non-hydrogen) atoms. The van der Waals surface area contributed by atoms with Crippen LogP contribution in [0.1, 0.15) is 25.7 Å². The predicted molar refractivity (Wildman–Crippen MR) is 122 cm³/mol. The van der Waals surface area contributed by atoms with Gasteiger partial charge in [-0.15, -0.1) is 0 Å². The molecule has 1 aliphatic carbocycles. The number of nitrogens with one attached hydrogen (secondary N) is 1. The van der Waals surface area contributed by atoms with Crippen LogP contribution in [0.25, 0.3) is 0 Å². The first kappa shape index (κ1) is 21.0. The molecule has 0 aromatic heterocycles. The number of amides is 1. The van der Waals surface area contributed by atoms with Gasteiger partial charge in [-0.2, -0.15) is 9.30 Å². The van der Waals surface area contributed by atoms with Crippen LogP contribution in [0.2, 0.25) is 0 Å². The standard InChI is InChI=1S/C23H27N5O4S/c29-22-15-32-23(16-28(22)19-1-2-19)8-12-27(13-9-23)33(30,31)20-5-3-18(4-6-20)25-11-7-21-24-10-14-26(21)17-25/h3-7,10-11,14,19H,1-2,8-9,12-13,15-17H2/p+1. The summed E-state index contributed by atoms with van der Waals surface area (Å²) in [6.07, 6.45) is 11.1. The lowest BCUT2D eigenvalue weighted by Gasteiger charge is -2.46. The van der Waals surface area contributed by atoms with Crippen LogP contribution in [0.4, 0.5) is 5.69 Å². The van der Waals surface area contributed by atoms with Crippen LogP contribution >= 0.6 is 0 Å². The number of piperidine rings is 1. The number of hydrogen-bond acceptors (Lipinski definition) is 6. The molecular weight excluding hydrogens is 442 g/mol. The highest BCUT2D eigenvalue weighted by molar-refractivity contribution is 7.89. The topological polar surface area (TPSA) is 87.0 Å². The molecule has 1 spiro atoms. The van der Waals surface area contributed by atoms with Crippen molar-refractivity contribution in [1.82, 2.24) is 9.21 Å². The van der Waals surface area contributed by atoms with E-state index in [1.165, 1.54) is 0 Å². The first-order chi connectivity index (χ1) is 15.9. The van der Waals surface area contributed by atoms with E-state index < -0.39 is 15.6 Å². The van der Waals surface area contributed by atoms with Gasteiger partial charge < -0.3 is 9.64 Å². The van der Waals surface area contributed by atoms with Gasteiger partial charge in [-0.1, -0.05) is 0 Å². The summed E-state index contributed by atoms with van der Waals surface area (Å²) >= 11 is 0. The van der Waals surface area contributed by atoms with Crippen molar-refractivity contribution in [3.05, 3.63) is 48.9 Å². The third kappa shape index (κ3) is 3.80. The van der Waals surface area contributed by atoms with Crippen LogP contribution in [0, 0.1) is 0 Å². The molecule has 1 N–H and O–H groups in total. The number of ether oxygens (including phenoxy) is 1. The van der Waals surface area contributed by atoms with E-state index in [4.69, 9.17) is 4.74 Å². The highest BCUT2D eigenvalue weighted by atomic mass is 32.2. The van der Waals surface area contributed by atoms with E-state index in [9.17, 15) is 13.2 Å². The Balaban J connectivity index is 1.12. The third-order valence-electron chi connectivity index (χ3n) is 7.28. The maximum Gasteiger partial charge on any atom is 0.248 e. The Labute approximate surface area is 193 Å². The summed E-state index contributed by atoms with van der Waals surface area (Å²) in [5.41, 5.74) is 0.525. The van der Waals surface area contributed by atoms with E-state index in [2.05, 4.69) is 9.89 Å². The number of benzene rings is 1. The molecular formula is C23H28N5O4S+. The molecule has 1 unspecified atom stereocenters. The Kier molecular flexibility index (Phi) is 4.95. The van der Waals surface area contributed by atoms with Gasteiger partial charge in [-0.05, 0) is 49.9 Å². The minimum absolute atomic E-state index is 0.0627. The van der Waals surface area contributed by atoms with Gasteiger partial charge in [-0.25, -0.2) is 13.3 Å². The number of amidine groups is 1. The Bertz CT molecular complexity index is 1150. The highest BCUT2D eigenvalue weighted by Gasteiger charge is 2.47. The van der Waals surface area contributed by atoms with E-state index in [0.29, 0.717) is 50.1 Å². The summed E-state index contributed by atoms with van der Waals surface area (Å²) in [6, 6.07) is 7.44. The first-order valence-electron chi connectivity index (χ1n) is 11.5. The number of quaternary nitrogens is 1. The average Bonchev–Trinajstić information content (AvgIpc) is 3.57. The molecule has 1 aromatic carbocycles. The second-order valence-electron chi connectivity index (χ2n) is 9.42. The fourth-order valence-electron chi connectivity index (χ4n) is 5.09. The number of carbonyl (C=O) groups is 1. The lowest BCUT2D eigenvalue weighted by atomic mass is 9.90. The van der Waals surface area contributed by atoms with Crippen molar-refractivity contribution >= 4 is 27.5 Å². The maximum absolute atomic E-state index is 13.3. The number of morpholine rings is 1. The molecule has 3 fully saturated rings. The molecule has 0 radical (unpaired) electrons. The van der Waals surface area contributed by atoms with Crippen molar-refractivity contribution in [2.45, 2.75) is 42.2 Å². The van der Waals surface area contributed by atoms with Crippen molar-refractivity contribution in [3.8, 4) is 0 Å². The molecule has 10 heteroatoms. The van der Waals surface area contributed by atoms with Crippen LogP contribution in [0.5, 0.6) is 0 Å². The van der Waals surface area contributed by atoms with Crippen LogP contribution in [-0.2, 0) is 19.6 Å². The molecule has 4 heterocycles. The van der Waals surface area contributed by atoms with Gasteiger partial charge in [0, 0.05) is 37.1 Å². The smallest absolute Gasteiger partial charge is 0.248 e. The van der Waals surface area contributed by atoms with Gasteiger partial charge in [0.1, 0.15) is 12.8 Å². The Morgan fingerprint density at radius 3 is 2.61 bits per heavy atom. The second-order valence-corrected chi connectivity index (χ2v) is 11.4. The zero-order chi connectivity index (χ0) is 22.6. The van der Waals surface area contributed by atoms with E-state index in [1.807, 2.05) is 35.5 Å². The predicted octanol–water partition coefficient (Wildman–Crippen LogP) is 0.291. The molecule has 1 saturated carbocycles. The van der Waals surface area contributed by atoms with E-state index in [1.54, 1.807) is 22.6 Å². The normalized spacial score (nSPS) is 27.2. The Hall–Kier alpha value is -2.53. The summed E-state index contributed by atoms with van der Waals surface area (Å²) in [6.45, 7) is 2.21. The number of sulfonamides is 1. The summed E-state index contributed by atoms with van der Waals surface area (Å²) < 4.78 is 34.1. The first-order valence-corrected chi connectivity index (χ1v) is 13.0. The lowest BCUT2D eigenvalue weighted by molar-refractivity contribution is -0.742. The van der Waals surface area contributed by atoms with Gasteiger partial charge in [0.05, 0.1) is 23.2 Å². The molecule has 4 aliphatic heterocycles. The van der Waals surface area contributed by atoms with Gasteiger partial charge >= 0.3 is 0 Å². The van der Waals surface area contributed by atoms with Crippen molar-refractivity contribution in [3.63, 3.8) is 0 Å². The zero-order valence-corrected chi connectivity index (χ0v) is 19.2. The lowest BCUT2D eigenvalue weighted by Crippen LogP contribution is -3.11. The molecule has 2 saturated heterocycles. The molecule has 174 valence electrons. The largest absolute Gasteiger partial charge is 0.363 e. The third-order valence-corrected chi connectivity index (χ3v) is 9.19. The Morgan fingerprint density at radius 1 is 1.12 bits per heavy atom. The molecule has 5 aliphatic rings. The SMILES string of the molecule is O=C1COC2(CCN(S(=O)(=O)c3ccc(N4C=CC5=NC=C[NH+]5C4)cc3)CC2)CN1C1CC1. The summed E-state index contributed by atoms with van der Waals surface area (Å²) in [7, 11) is -3.58. The fourth-order valence-corrected chi connectivity index (χ4v) is 6.53. The molecule has 1 amide bonds. The number of rotatable bonds is 4. The summed E-state index contributed by atoms with van der Waals surface area (Å²) in [5.74, 6) is 1.05. The average molecular weight is 471 g/mol. The number of carbonyl (C=O) groups excluding carboxylic acids is 1. The van der Waals surface area contributed by atoms with Gasteiger partial charge in [0.2, 0.25) is 21.8 Å². The highest BCUT2D eigenvalue weighted by Crippen LogP contribution is 2.37. The van der Waals surface area contributed by atoms with Crippen molar-refractivity contribution in [2.75, 3.05) is 37.8 Å². The van der Waals surface area contributed by atoms with Crippen molar-refractivity contribution in [2.24, 2.45) is 4.99 Å². The molecule has 1 atom stereocenters. The Morgan fingerprint density at radius 2 is 1.88 bits per heavy atom. The van der Waals surface area contributed by atoms with Gasteiger partial charge in [0.15, 0.2) is 6.67 Å². The van der Waals surface area contributed by atoms with Gasteiger partial charge in [-0.3, -0.25) is 9.69 Å². The minimum atomic E-state index is -3.58. The number of aliphatic imine (C=N–C) groups is 1. The monoisotopic (exact) mass is 470 g/mol. The van der Waals surface area contributed by atoms with Crippen molar-refractivity contribution in [1.29, 1.82) is 0 Å². The summed E-state index contributed by atoms with van der Waals surface area (Å²) in [4.78, 5) is 22.0. The van der Waals surface area contributed by atoms with E-state index in [0.717, 1.165) is 29.3 Å². The van der Waals surface area contributed by atoms with Crippen LogP contribution in [-0.4, -0.2) is 73.9 Å². The minimum Gasteiger partial charge on any atom is -0.363 e. The number of nitrogens with zero attached hydrogens (tertiary/aromatic N) is 4. The summed E-state index contributed by atoms with van der Waals surface area (Å²) in [5, 5.41) is 0. The maximum atomic E-state index is 13.3. The number of hydrogen-bond donors (Lipinski definition) is 1. The second kappa shape index (κ2) is 7.76. The zero-order valence-electron chi connectivity index (χ0n) is 18.4. The number of anilines is 1. The van der Waals surface area contributed by atoms with Crippen LogP contribution < -0.4 is 9.80 Å². The quantitative estimate of drug-likeness (QED) is 0.684. The molecule has 6 rings (SSSR count). The van der Waals surface area contributed by atoms with Crippen molar-refractivity contribution < 1.29 is 22.8 Å². The van der Waals surface area contributed by atoms with E-state index >= 15 is 0 Å². The molecule has 1 aromatic rings. The van der Waals surface area contributed by atoms with E-state index in [-0.39, 0.29) is 12.5 Å². The van der Waals surface area contributed by atoms with Crippen LogP contribution in [0.15, 0.2) is 58.8 Å². The number of fused-ring (bicyclic) bond motifs is 1. The van der Waals surface area contributed by atoms with Gasteiger partial charge in [0.25, 0.3) is 0 Å². The van der Waals surface area contributed by atoms with Crippen LogP contribution in [0.3, 0.4) is 0 Å². The molecule has 9 nitrogen and oxygen atoms in total. The molecule has 0 bridgehead atoms.